The number of carbonyl (C=O) groups excluding carboxylic acids is 1. The molecule has 0 spiro atoms. The first kappa shape index (κ1) is 13.7. The van der Waals surface area contributed by atoms with Crippen molar-refractivity contribution in [2.45, 2.75) is 26.2 Å². The number of aliphatic carboxylic acids is 1. The minimum absolute atomic E-state index is 0.0353. The van der Waals surface area contributed by atoms with Crippen molar-refractivity contribution in [3.63, 3.8) is 0 Å². The summed E-state index contributed by atoms with van der Waals surface area (Å²) in [4.78, 5) is 28.4. The molecule has 7 nitrogen and oxygen atoms in total. The standard InChI is InChI=1S/C11H16N4O3S/c1-7-12-10(19-14-7)13-11(18)15-4-2-3-8(6-15)5-9(16)17/h8H,2-6H2,1H3,(H,16,17)(H,12,13,14,18). The molecule has 1 fully saturated rings. The maximum atomic E-state index is 12.0. The van der Waals surface area contributed by atoms with Crippen molar-refractivity contribution in [2.75, 3.05) is 18.4 Å². The van der Waals surface area contributed by atoms with E-state index in [-0.39, 0.29) is 18.4 Å². The second-order valence-electron chi connectivity index (χ2n) is 4.63. The number of piperidine rings is 1. The monoisotopic (exact) mass is 284 g/mol. The van der Waals surface area contributed by atoms with Crippen molar-refractivity contribution < 1.29 is 14.7 Å². The Labute approximate surface area is 114 Å². The van der Waals surface area contributed by atoms with E-state index in [1.165, 1.54) is 0 Å². The molecule has 1 aliphatic rings. The lowest BCUT2D eigenvalue weighted by atomic mass is 9.95. The normalized spacial score (nSPS) is 19.2. The van der Waals surface area contributed by atoms with Gasteiger partial charge in [0.2, 0.25) is 5.13 Å². The number of hydrogen-bond acceptors (Lipinski definition) is 5. The highest BCUT2D eigenvalue weighted by Gasteiger charge is 2.25. The summed E-state index contributed by atoms with van der Waals surface area (Å²) in [5.41, 5.74) is 0. The summed E-state index contributed by atoms with van der Waals surface area (Å²) in [5, 5.41) is 12.0. The lowest BCUT2D eigenvalue weighted by Gasteiger charge is -2.31. The molecule has 1 aromatic rings. The minimum Gasteiger partial charge on any atom is -0.481 e. The number of aryl methyl sites for hydroxylation is 1. The van der Waals surface area contributed by atoms with Crippen LogP contribution in [-0.4, -0.2) is 44.5 Å². The fourth-order valence-electron chi connectivity index (χ4n) is 2.18. The Morgan fingerprint density at radius 2 is 2.37 bits per heavy atom. The maximum Gasteiger partial charge on any atom is 0.323 e. The molecular weight excluding hydrogens is 268 g/mol. The van der Waals surface area contributed by atoms with Gasteiger partial charge >= 0.3 is 12.0 Å². The van der Waals surface area contributed by atoms with Crippen LogP contribution in [0.4, 0.5) is 9.93 Å². The molecule has 0 saturated carbocycles. The van der Waals surface area contributed by atoms with E-state index in [1.807, 2.05) is 0 Å². The number of rotatable bonds is 3. The van der Waals surface area contributed by atoms with Gasteiger partial charge < -0.3 is 10.0 Å². The first-order valence-corrected chi connectivity index (χ1v) is 6.90. The fraction of sp³-hybridized carbons (Fsp3) is 0.636. The number of carboxylic acid groups (broad SMARTS) is 1. The molecule has 2 N–H and O–H groups in total. The van der Waals surface area contributed by atoms with Crippen LogP contribution in [-0.2, 0) is 4.79 Å². The van der Waals surface area contributed by atoms with Gasteiger partial charge in [-0.2, -0.15) is 4.37 Å². The molecular formula is C11H16N4O3S. The number of aromatic nitrogens is 2. The quantitative estimate of drug-likeness (QED) is 0.878. The minimum atomic E-state index is -0.813. The summed E-state index contributed by atoms with van der Waals surface area (Å²) in [7, 11) is 0. The Bertz CT molecular complexity index is 476. The van der Waals surface area contributed by atoms with Crippen molar-refractivity contribution in [1.29, 1.82) is 0 Å². The van der Waals surface area contributed by atoms with Crippen LogP contribution in [0.5, 0.6) is 0 Å². The molecule has 1 aromatic heterocycles. The van der Waals surface area contributed by atoms with Gasteiger partial charge in [0, 0.05) is 31.0 Å². The van der Waals surface area contributed by atoms with E-state index in [2.05, 4.69) is 14.7 Å². The maximum absolute atomic E-state index is 12.0. The number of amides is 2. The van der Waals surface area contributed by atoms with Gasteiger partial charge in [0.15, 0.2) is 0 Å². The third-order valence-electron chi connectivity index (χ3n) is 3.01. The molecule has 0 bridgehead atoms. The summed E-state index contributed by atoms with van der Waals surface area (Å²) in [6, 6.07) is -0.230. The zero-order valence-corrected chi connectivity index (χ0v) is 11.4. The van der Waals surface area contributed by atoms with Crippen molar-refractivity contribution in [2.24, 2.45) is 5.92 Å². The third kappa shape index (κ3) is 3.88. The smallest absolute Gasteiger partial charge is 0.323 e. The lowest BCUT2D eigenvalue weighted by molar-refractivity contribution is -0.138. The zero-order chi connectivity index (χ0) is 13.8. The molecule has 2 rings (SSSR count). The van der Waals surface area contributed by atoms with E-state index >= 15 is 0 Å². The molecule has 2 amide bonds. The highest BCUT2D eigenvalue weighted by atomic mass is 32.1. The SMILES string of the molecule is Cc1nsc(NC(=O)N2CCCC(CC(=O)O)C2)n1. The summed E-state index contributed by atoms with van der Waals surface area (Å²) in [5.74, 6) is -0.150. The predicted octanol–water partition coefficient (Wildman–Crippen LogP) is 1.57. The Balaban J connectivity index is 1.89. The molecule has 8 heteroatoms. The number of nitrogens with one attached hydrogen (secondary N) is 1. The van der Waals surface area contributed by atoms with E-state index < -0.39 is 5.97 Å². The average Bonchev–Trinajstić information content (AvgIpc) is 2.74. The number of urea groups is 1. The van der Waals surface area contributed by atoms with Gasteiger partial charge in [-0.25, -0.2) is 9.78 Å². The van der Waals surface area contributed by atoms with Gasteiger partial charge in [-0.05, 0) is 25.7 Å². The van der Waals surface area contributed by atoms with Crippen LogP contribution >= 0.6 is 11.5 Å². The van der Waals surface area contributed by atoms with Gasteiger partial charge in [0.25, 0.3) is 0 Å². The average molecular weight is 284 g/mol. The molecule has 2 heterocycles. The van der Waals surface area contributed by atoms with Crippen molar-refractivity contribution in [3.05, 3.63) is 5.82 Å². The van der Waals surface area contributed by atoms with Crippen molar-refractivity contribution >= 4 is 28.7 Å². The molecule has 1 aliphatic heterocycles. The van der Waals surface area contributed by atoms with Crippen LogP contribution < -0.4 is 5.32 Å². The van der Waals surface area contributed by atoms with Crippen LogP contribution in [0.25, 0.3) is 0 Å². The van der Waals surface area contributed by atoms with Crippen LogP contribution in [0.15, 0.2) is 0 Å². The van der Waals surface area contributed by atoms with Gasteiger partial charge in [-0.15, -0.1) is 0 Å². The van der Waals surface area contributed by atoms with Crippen LogP contribution in [0.2, 0.25) is 0 Å². The number of hydrogen-bond donors (Lipinski definition) is 2. The Morgan fingerprint density at radius 3 is 3.00 bits per heavy atom. The molecule has 1 unspecified atom stereocenters. The largest absolute Gasteiger partial charge is 0.481 e. The Kier molecular flexibility index (Phi) is 4.31. The Hall–Kier alpha value is -1.70. The predicted molar refractivity (Wildman–Crippen MR) is 70.2 cm³/mol. The first-order valence-electron chi connectivity index (χ1n) is 6.12. The van der Waals surface area contributed by atoms with Crippen LogP contribution in [0, 0.1) is 12.8 Å². The van der Waals surface area contributed by atoms with E-state index in [4.69, 9.17) is 5.11 Å². The highest BCUT2D eigenvalue weighted by molar-refractivity contribution is 7.09. The van der Waals surface area contributed by atoms with E-state index in [0.29, 0.717) is 24.0 Å². The second kappa shape index (κ2) is 5.96. The molecule has 0 radical (unpaired) electrons. The van der Waals surface area contributed by atoms with Crippen molar-refractivity contribution in [1.82, 2.24) is 14.3 Å². The van der Waals surface area contributed by atoms with Crippen molar-refractivity contribution in [3.8, 4) is 0 Å². The molecule has 104 valence electrons. The summed E-state index contributed by atoms with van der Waals surface area (Å²) in [6.07, 6.45) is 1.80. The number of nitrogens with zero attached hydrogens (tertiary/aromatic N) is 3. The van der Waals surface area contributed by atoms with Crippen LogP contribution in [0.3, 0.4) is 0 Å². The number of carboxylic acids is 1. The molecule has 1 saturated heterocycles. The van der Waals surface area contributed by atoms with Gasteiger partial charge in [-0.1, -0.05) is 0 Å². The third-order valence-corrected chi connectivity index (χ3v) is 3.73. The van der Waals surface area contributed by atoms with E-state index in [1.54, 1.807) is 11.8 Å². The molecule has 0 aliphatic carbocycles. The molecule has 19 heavy (non-hydrogen) atoms. The van der Waals surface area contributed by atoms with Gasteiger partial charge in [-0.3, -0.25) is 10.1 Å². The number of carbonyl (C=O) groups is 2. The number of likely N-dealkylation sites (tertiary alicyclic amines) is 1. The molecule has 1 atom stereocenters. The van der Waals surface area contributed by atoms with Crippen LogP contribution in [0.1, 0.15) is 25.1 Å². The highest BCUT2D eigenvalue weighted by Crippen LogP contribution is 2.20. The fourth-order valence-corrected chi connectivity index (χ4v) is 2.75. The lowest BCUT2D eigenvalue weighted by Crippen LogP contribution is -2.42. The summed E-state index contributed by atoms with van der Waals surface area (Å²) >= 11 is 1.14. The zero-order valence-electron chi connectivity index (χ0n) is 10.6. The summed E-state index contributed by atoms with van der Waals surface area (Å²) < 4.78 is 3.99. The van der Waals surface area contributed by atoms with E-state index in [9.17, 15) is 9.59 Å². The van der Waals surface area contributed by atoms with Gasteiger partial charge in [0.1, 0.15) is 5.82 Å². The van der Waals surface area contributed by atoms with Gasteiger partial charge in [0.05, 0.1) is 0 Å². The Morgan fingerprint density at radius 1 is 1.58 bits per heavy atom. The summed E-state index contributed by atoms with van der Waals surface area (Å²) in [6.45, 7) is 2.89. The topological polar surface area (TPSA) is 95.4 Å². The first-order chi connectivity index (χ1) is 9.04. The van der Waals surface area contributed by atoms with E-state index in [0.717, 1.165) is 24.4 Å². The number of anilines is 1. The second-order valence-corrected chi connectivity index (χ2v) is 5.38. The molecule has 0 aromatic carbocycles.